The molecule has 2 N–H and O–H groups in total. The molecule has 13 heteroatoms. The lowest BCUT2D eigenvalue weighted by molar-refractivity contribution is -0.110. The number of aromatic nitrogens is 2. The predicted molar refractivity (Wildman–Crippen MR) is 146 cm³/mol. The number of hydrazone groups is 1. The van der Waals surface area contributed by atoms with Gasteiger partial charge in [-0.05, 0) is 44.5 Å². The molecule has 202 valence electrons. The highest BCUT2D eigenvalue weighted by molar-refractivity contribution is 7.92. The number of hydrogen-bond acceptors (Lipinski definition) is 11. The molecular weight excluding hydrogens is 528 g/mol. The van der Waals surface area contributed by atoms with Gasteiger partial charge in [0, 0.05) is 37.9 Å². The van der Waals surface area contributed by atoms with E-state index in [9.17, 15) is 13.2 Å². The monoisotopic (exact) mass is 558 g/mol. The van der Waals surface area contributed by atoms with Gasteiger partial charge in [-0.3, -0.25) is 15.1 Å². The first-order valence-electron chi connectivity index (χ1n) is 12.6. The molecular formula is C25H30N6O5S2. The van der Waals surface area contributed by atoms with Crippen LogP contribution in [0.3, 0.4) is 0 Å². The second kappa shape index (κ2) is 11.7. The first-order valence-corrected chi connectivity index (χ1v) is 14.9. The number of likely N-dealkylation sites (N-methyl/N-ethyl adjacent to an activating group) is 1. The lowest BCUT2D eigenvalue weighted by Gasteiger charge is -2.15. The maximum Gasteiger partial charge on any atom is 0.278 e. The Kier molecular flexibility index (Phi) is 8.17. The van der Waals surface area contributed by atoms with Gasteiger partial charge in [-0.15, -0.1) is 0 Å². The van der Waals surface area contributed by atoms with Crippen LogP contribution >= 0.6 is 11.3 Å². The third-order valence-electron chi connectivity index (χ3n) is 6.37. The van der Waals surface area contributed by atoms with Crippen LogP contribution in [0.2, 0.25) is 0 Å². The standard InChI is InChI=1S/C25H30N6O5S2/c1-26-11-15-36-21-9-8-20-24(28-21)37-25(27-20)29-23(32)22(30-31-12-2-3-13-31)17-4-6-18(7-5-17)38(33,34)19-10-14-35-16-19/h4-9,19,26H,2-3,10-16H2,1H3,(H,27,29,32)/b30-22+/t19-/m0/s1. The summed E-state index contributed by atoms with van der Waals surface area (Å²) in [4.78, 5) is 23.2. The summed E-state index contributed by atoms with van der Waals surface area (Å²) in [5.74, 6) is 0.0611. The van der Waals surface area contributed by atoms with Gasteiger partial charge in [0.05, 0.1) is 16.8 Å². The van der Waals surface area contributed by atoms with E-state index in [-0.39, 0.29) is 17.2 Å². The van der Waals surface area contributed by atoms with Gasteiger partial charge in [0.1, 0.15) is 17.0 Å². The summed E-state index contributed by atoms with van der Waals surface area (Å²) >= 11 is 1.24. The molecule has 0 saturated carbocycles. The molecule has 2 aliphatic heterocycles. The second-order valence-corrected chi connectivity index (χ2v) is 12.3. The van der Waals surface area contributed by atoms with Gasteiger partial charge in [0.2, 0.25) is 5.88 Å². The summed E-state index contributed by atoms with van der Waals surface area (Å²) in [5.41, 5.74) is 1.37. The predicted octanol–water partition coefficient (Wildman–Crippen LogP) is 2.29. The Hall–Kier alpha value is -3.13. The van der Waals surface area contributed by atoms with Crippen LogP contribution in [-0.4, -0.2) is 86.8 Å². The number of fused-ring (bicyclic) bond motifs is 1. The molecule has 2 aliphatic rings. The third-order valence-corrected chi connectivity index (χ3v) is 9.43. The Morgan fingerprint density at radius 3 is 2.68 bits per heavy atom. The number of nitrogens with one attached hydrogen (secondary N) is 2. The lowest BCUT2D eigenvalue weighted by atomic mass is 10.1. The number of sulfone groups is 1. The molecule has 2 saturated heterocycles. The number of thiazole rings is 1. The van der Waals surface area contributed by atoms with Crippen LogP contribution in [0.25, 0.3) is 10.3 Å². The summed E-state index contributed by atoms with van der Waals surface area (Å²) in [6, 6.07) is 9.88. The molecule has 0 bridgehead atoms. The average molecular weight is 559 g/mol. The van der Waals surface area contributed by atoms with Gasteiger partial charge in [0.15, 0.2) is 20.7 Å². The molecule has 1 amide bonds. The second-order valence-electron chi connectivity index (χ2n) is 9.06. The van der Waals surface area contributed by atoms with Crippen molar-refractivity contribution in [3.8, 4) is 5.88 Å². The van der Waals surface area contributed by atoms with Crippen molar-refractivity contribution in [2.24, 2.45) is 5.10 Å². The van der Waals surface area contributed by atoms with Crippen LogP contribution in [-0.2, 0) is 19.4 Å². The highest BCUT2D eigenvalue weighted by Crippen LogP contribution is 2.27. The quantitative estimate of drug-likeness (QED) is 0.284. The van der Waals surface area contributed by atoms with E-state index in [0.29, 0.717) is 53.1 Å². The third kappa shape index (κ3) is 5.96. The number of amides is 1. The van der Waals surface area contributed by atoms with E-state index in [0.717, 1.165) is 25.9 Å². The maximum absolute atomic E-state index is 13.4. The van der Waals surface area contributed by atoms with E-state index >= 15 is 0 Å². The summed E-state index contributed by atoms with van der Waals surface area (Å²) in [6.07, 6.45) is 2.48. The van der Waals surface area contributed by atoms with Crippen LogP contribution < -0.4 is 15.4 Å². The largest absolute Gasteiger partial charge is 0.476 e. The molecule has 1 aromatic carbocycles. The van der Waals surface area contributed by atoms with Crippen LogP contribution in [0, 0.1) is 0 Å². The Morgan fingerprint density at radius 2 is 1.97 bits per heavy atom. The molecule has 0 aliphatic carbocycles. The van der Waals surface area contributed by atoms with Crippen molar-refractivity contribution in [2.75, 3.05) is 51.8 Å². The van der Waals surface area contributed by atoms with Crippen molar-refractivity contribution >= 4 is 48.3 Å². The van der Waals surface area contributed by atoms with Crippen molar-refractivity contribution in [3.05, 3.63) is 42.0 Å². The fourth-order valence-corrected chi connectivity index (χ4v) is 6.68. The minimum atomic E-state index is -3.50. The number of nitrogens with zero attached hydrogens (tertiary/aromatic N) is 4. The molecule has 3 aromatic rings. The van der Waals surface area contributed by atoms with Crippen LogP contribution in [0.1, 0.15) is 24.8 Å². The van der Waals surface area contributed by atoms with E-state index in [1.54, 1.807) is 24.3 Å². The lowest BCUT2D eigenvalue weighted by Crippen LogP contribution is -2.27. The highest BCUT2D eigenvalue weighted by Gasteiger charge is 2.31. The van der Waals surface area contributed by atoms with Gasteiger partial charge in [-0.1, -0.05) is 23.5 Å². The molecule has 2 aromatic heterocycles. The van der Waals surface area contributed by atoms with E-state index in [1.165, 1.54) is 23.5 Å². The normalized spacial score (nSPS) is 18.3. The molecule has 38 heavy (non-hydrogen) atoms. The number of pyridine rings is 1. The average Bonchev–Trinajstić information content (AvgIpc) is 3.70. The van der Waals surface area contributed by atoms with Gasteiger partial charge >= 0.3 is 0 Å². The minimum Gasteiger partial charge on any atom is -0.476 e. The van der Waals surface area contributed by atoms with E-state index in [1.807, 2.05) is 12.1 Å². The Labute approximate surface area is 225 Å². The smallest absolute Gasteiger partial charge is 0.278 e. The van der Waals surface area contributed by atoms with Crippen molar-refractivity contribution in [1.82, 2.24) is 20.3 Å². The fourth-order valence-electron chi connectivity index (χ4n) is 4.28. The fraction of sp³-hybridized carbons (Fsp3) is 0.440. The van der Waals surface area contributed by atoms with Gasteiger partial charge < -0.3 is 14.8 Å². The molecule has 0 radical (unpaired) electrons. The minimum absolute atomic E-state index is 0.198. The molecule has 11 nitrogen and oxygen atoms in total. The Balaban J connectivity index is 1.37. The molecule has 4 heterocycles. The van der Waals surface area contributed by atoms with Crippen molar-refractivity contribution in [3.63, 3.8) is 0 Å². The van der Waals surface area contributed by atoms with Crippen LogP contribution in [0.5, 0.6) is 5.88 Å². The van der Waals surface area contributed by atoms with Gasteiger partial charge in [-0.2, -0.15) is 5.10 Å². The number of anilines is 1. The summed E-state index contributed by atoms with van der Waals surface area (Å²) in [7, 11) is -1.65. The number of carbonyl (C=O) groups is 1. The van der Waals surface area contributed by atoms with E-state index in [2.05, 4.69) is 25.7 Å². The van der Waals surface area contributed by atoms with E-state index < -0.39 is 21.0 Å². The first-order chi connectivity index (χ1) is 18.4. The summed E-state index contributed by atoms with van der Waals surface area (Å²) in [5, 5.41) is 12.2. The number of ether oxygens (including phenoxy) is 2. The van der Waals surface area contributed by atoms with Gasteiger partial charge in [0.25, 0.3) is 5.91 Å². The van der Waals surface area contributed by atoms with Gasteiger partial charge in [-0.25, -0.2) is 18.4 Å². The van der Waals surface area contributed by atoms with Crippen LogP contribution in [0.15, 0.2) is 46.4 Å². The van der Waals surface area contributed by atoms with Crippen molar-refractivity contribution in [1.29, 1.82) is 0 Å². The van der Waals surface area contributed by atoms with Crippen molar-refractivity contribution in [2.45, 2.75) is 29.4 Å². The maximum atomic E-state index is 13.4. The molecule has 0 spiro atoms. The Bertz CT molecular complexity index is 1410. The summed E-state index contributed by atoms with van der Waals surface area (Å²) < 4.78 is 36.7. The topological polar surface area (TPSA) is 135 Å². The molecule has 0 unspecified atom stereocenters. The Morgan fingerprint density at radius 1 is 1.18 bits per heavy atom. The number of rotatable bonds is 10. The molecule has 5 rings (SSSR count). The molecule has 1 atom stereocenters. The zero-order valence-corrected chi connectivity index (χ0v) is 22.7. The number of benzene rings is 1. The first kappa shape index (κ1) is 26.5. The SMILES string of the molecule is CNCCOc1ccc2nc(NC(=O)/C(=N/N3CCCC3)c3ccc(S(=O)(=O)[C@H]4CCOC4)cc3)sc2n1. The van der Waals surface area contributed by atoms with Crippen LogP contribution in [0.4, 0.5) is 5.13 Å². The number of hydrogen-bond donors (Lipinski definition) is 2. The highest BCUT2D eigenvalue weighted by atomic mass is 32.2. The zero-order chi connectivity index (χ0) is 26.5. The zero-order valence-electron chi connectivity index (χ0n) is 21.1. The van der Waals surface area contributed by atoms with Crippen molar-refractivity contribution < 1.29 is 22.7 Å². The summed E-state index contributed by atoms with van der Waals surface area (Å²) in [6.45, 7) is 3.35. The molecule has 2 fully saturated rings. The van der Waals surface area contributed by atoms with E-state index in [4.69, 9.17) is 9.47 Å². The number of carbonyl (C=O) groups excluding carboxylic acids is 1.